The minimum atomic E-state index is 0.934. The van der Waals surface area contributed by atoms with Crippen LogP contribution in [0.3, 0.4) is 0 Å². The predicted octanol–water partition coefficient (Wildman–Crippen LogP) is 4.30. The Morgan fingerprint density at radius 2 is 1.81 bits per heavy atom. The van der Waals surface area contributed by atoms with E-state index in [0.29, 0.717) is 0 Å². The first-order chi connectivity index (χ1) is 10.3. The molecular formula is C19H38N2. The van der Waals surface area contributed by atoms with E-state index in [9.17, 15) is 0 Å². The summed E-state index contributed by atoms with van der Waals surface area (Å²) >= 11 is 0. The molecule has 0 aromatic carbocycles. The van der Waals surface area contributed by atoms with Crippen molar-refractivity contribution in [2.45, 2.75) is 71.1 Å². The van der Waals surface area contributed by atoms with E-state index in [4.69, 9.17) is 0 Å². The van der Waals surface area contributed by atoms with Crippen LogP contribution in [0.1, 0.15) is 71.1 Å². The van der Waals surface area contributed by atoms with E-state index in [0.717, 1.165) is 17.8 Å². The van der Waals surface area contributed by atoms with Crippen molar-refractivity contribution in [1.29, 1.82) is 0 Å². The maximum absolute atomic E-state index is 3.43. The van der Waals surface area contributed by atoms with Crippen molar-refractivity contribution in [3.63, 3.8) is 0 Å². The van der Waals surface area contributed by atoms with Gasteiger partial charge in [-0.1, -0.05) is 39.0 Å². The maximum atomic E-state index is 3.43. The standard InChI is InChI=1S/C19H38N2/c1-3-4-5-9-17-10-8-13-21(15-17)16-19-12-7-6-11-18(19)14-20-2/h17-20H,3-16H2,1-2H3/t17-,18?,19?/m0/s1. The Morgan fingerprint density at radius 1 is 1.00 bits per heavy atom. The van der Waals surface area contributed by atoms with Crippen LogP contribution in [0, 0.1) is 17.8 Å². The number of nitrogens with one attached hydrogen (secondary N) is 1. The highest BCUT2D eigenvalue weighted by atomic mass is 15.1. The molecule has 0 spiro atoms. The summed E-state index contributed by atoms with van der Waals surface area (Å²) in [5.74, 6) is 2.89. The van der Waals surface area contributed by atoms with Gasteiger partial charge in [0, 0.05) is 13.1 Å². The Morgan fingerprint density at radius 3 is 2.57 bits per heavy atom. The lowest BCUT2D eigenvalue weighted by Crippen LogP contribution is -2.42. The molecule has 124 valence electrons. The molecule has 2 aliphatic rings. The van der Waals surface area contributed by atoms with Crippen LogP contribution in [-0.2, 0) is 0 Å². The fourth-order valence-electron chi connectivity index (χ4n) is 4.62. The van der Waals surface area contributed by atoms with Crippen molar-refractivity contribution in [1.82, 2.24) is 10.2 Å². The Labute approximate surface area is 133 Å². The average molecular weight is 295 g/mol. The second-order valence-corrected chi connectivity index (χ2v) is 7.63. The van der Waals surface area contributed by atoms with E-state index in [1.807, 2.05) is 0 Å². The summed E-state index contributed by atoms with van der Waals surface area (Å²) in [5, 5.41) is 3.43. The largest absolute Gasteiger partial charge is 0.319 e. The number of piperidine rings is 1. The minimum Gasteiger partial charge on any atom is -0.319 e. The van der Waals surface area contributed by atoms with Crippen molar-refractivity contribution in [3.05, 3.63) is 0 Å². The molecule has 2 nitrogen and oxygen atoms in total. The Hall–Kier alpha value is -0.0800. The van der Waals surface area contributed by atoms with Crippen LogP contribution >= 0.6 is 0 Å². The lowest BCUT2D eigenvalue weighted by atomic mass is 9.78. The van der Waals surface area contributed by atoms with Gasteiger partial charge in [0.2, 0.25) is 0 Å². The molecule has 1 heterocycles. The first-order valence-corrected chi connectivity index (χ1v) is 9.70. The molecule has 21 heavy (non-hydrogen) atoms. The van der Waals surface area contributed by atoms with Crippen molar-refractivity contribution in [2.75, 3.05) is 33.2 Å². The summed E-state index contributed by atoms with van der Waals surface area (Å²) in [7, 11) is 2.12. The lowest BCUT2D eigenvalue weighted by molar-refractivity contribution is 0.107. The van der Waals surface area contributed by atoms with E-state index in [1.165, 1.54) is 90.4 Å². The third kappa shape index (κ3) is 5.90. The first kappa shape index (κ1) is 17.3. The second kappa shape index (κ2) is 9.84. The zero-order valence-corrected chi connectivity index (χ0v) is 14.6. The van der Waals surface area contributed by atoms with Crippen LogP contribution in [-0.4, -0.2) is 38.1 Å². The fourth-order valence-corrected chi connectivity index (χ4v) is 4.62. The third-order valence-electron chi connectivity index (χ3n) is 5.84. The molecule has 2 fully saturated rings. The van der Waals surface area contributed by atoms with Gasteiger partial charge in [-0.2, -0.15) is 0 Å². The smallest absolute Gasteiger partial charge is 0.00129 e. The van der Waals surface area contributed by atoms with Gasteiger partial charge in [-0.3, -0.25) is 0 Å². The summed E-state index contributed by atoms with van der Waals surface area (Å²) < 4.78 is 0. The van der Waals surface area contributed by atoms with Gasteiger partial charge >= 0.3 is 0 Å². The quantitative estimate of drug-likeness (QED) is 0.671. The summed E-state index contributed by atoms with van der Waals surface area (Å²) in [6.45, 7) is 7.70. The van der Waals surface area contributed by atoms with Crippen LogP contribution in [0.2, 0.25) is 0 Å². The Kier molecular flexibility index (Phi) is 8.10. The number of nitrogens with zero attached hydrogens (tertiary/aromatic N) is 1. The lowest BCUT2D eigenvalue weighted by Gasteiger charge is -2.39. The number of unbranched alkanes of at least 4 members (excludes halogenated alkanes) is 2. The zero-order valence-electron chi connectivity index (χ0n) is 14.6. The fraction of sp³-hybridized carbons (Fsp3) is 1.00. The molecule has 2 rings (SSSR count). The molecule has 1 aliphatic heterocycles. The molecule has 2 heteroatoms. The van der Waals surface area contributed by atoms with Crippen LogP contribution < -0.4 is 5.32 Å². The molecule has 0 amide bonds. The van der Waals surface area contributed by atoms with Crippen molar-refractivity contribution in [2.24, 2.45) is 17.8 Å². The average Bonchev–Trinajstić information content (AvgIpc) is 2.50. The molecule has 1 saturated heterocycles. The van der Waals surface area contributed by atoms with Gasteiger partial charge in [0.1, 0.15) is 0 Å². The number of hydrogen-bond acceptors (Lipinski definition) is 2. The van der Waals surface area contributed by atoms with E-state index in [-0.39, 0.29) is 0 Å². The van der Waals surface area contributed by atoms with E-state index >= 15 is 0 Å². The summed E-state index contributed by atoms with van der Waals surface area (Å²) in [5.41, 5.74) is 0. The highest BCUT2D eigenvalue weighted by Crippen LogP contribution is 2.32. The van der Waals surface area contributed by atoms with E-state index in [2.05, 4.69) is 24.2 Å². The first-order valence-electron chi connectivity index (χ1n) is 9.70. The predicted molar refractivity (Wildman–Crippen MR) is 92.7 cm³/mol. The highest BCUT2D eigenvalue weighted by molar-refractivity contribution is 4.82. The minimum absolute atomic E-state index is 0.934. The molecule has 3 atom stereocenters. The molecular weight excluding hydrogens is 256 g/mol. The van der Waals surface area contributed by atoms with Gasteiger partial charge in [-0.25, -0.2) is 0 Å². The Bertz CT molecular complexity index is 264. The number of rotatable bonds is 8. The van der Waals surface area contributed by atoms with Gasteiger partial charge in [0.15, 0.2) is 0 Å². The van der Waals surface area contributed by atoms with Gasteiger partial charge < -0.3 is 10.2 Å². The zero-order chi connectivity index (χ0) is 14.9. The molecule has 0 aromatic heterocycles. The van der Waals surface area contributed by atoms with Gasteiger partial charge in [-0.15, -0.1) is 0 Å². The molecule has 2 unspecified atom stereocenters. The maximum Gasteiger partial charge on any atom is 0.00129 e. The third-order valence-corrected chi connectivity index (χ3v) is 5.84. The molecule has 1 N–H and O–H groups in total. The van der Waals surface area contributed by atoms with E-state index < -0.39 is 0 Å². The van der Waals surface area contributed by atoms with E-state index in [1.54, 1.807) is 0 Å². The number of hydrogen-bond donors (Lipinski definition) is 1. The monoisotopic (exact) mass is 294 g/mol. The van der Waals surface area contributed by atoms with Crippen LogP contribution in [0.15, 0.2) is 0 Å². The molecule has 0 aromatic rings. The van der Waals surface area contributed by atoms with Crippen LogP contribution in [0.25, 0.3) is 0 Å². The van der Waals surface area contributed by atoms with Gasteiger partial charge in [-0.05, 0) is 70.0 Å². The molecule has 0 radical (unpaired) electrons. The topological polar surface area (TPSA) is 15.3 Å². The van der Waals surface area contributed by atoms with Crippen molar-refractivity contribution < 1.29 is 0 Å². The summed E-state index contributed by atoms with van der Waals surface area (Å²) in [6.07, 6.45) is 14.5. The molecule has 1 aliphatic carbocycles. The Balaban J connectivity index is 1.75. The van der Waals surface area contributed by atoms with Crippen LogP contribution in [0.4, 0.5) is 0 Å². The van der Waals surface area contributed by atoms with Crippen LogP contribution in [0.5, 0.6) is 0 Å². The van der Waals surface area contributed by atoms with Gasteiger partial charge in [0.25, 0.3) is 0 Å². The SMILES string of the molecule is CCCCC[C@H]1CCCN(CC2CCCCC2CNC)C1. The molecule has 1 saturated carbocycles. The van der Waals surface area contributed by atoms with Crippen molar-refractivity contribution >= 4 is 0 Å². The number of likely N-dealkylation sites (tertiary alicyclic amines) is 1. The normalized spacial score (nSPS) is 31.4. The summed E-state index contributed by atoms with van der Waals surface area (Å²) in [4.78, 5) is 2.82. The van der Waals surface area contributed by atoms with Crippen molar-refractivity contribution in [3.8, 4) is 0 Å². The molecule has 0 bridgehead atoms. The highest BCUT2D eigenvalue weighted by Gasteiger charge is 2.28. The summed E-state index contributed by atoms with van der Waals surface area (Å²) in [6, 6.07) is 0. The second-order valence-electron chi connectivity index (χ2n) is 7.63. The van der Waals surface area contributed by atoms with Gasteiger partial charge in [0.05, 0.1) is 0 Å².